The first-order chi connectivity index (χ1) is 9.14. The summed E-state index contributed by atoms with van der Waals surface area (Å²) >= 11 is 0. The fraction of sp³-hybridized carbons (Fsp3) is 0.600. The first-order valence-electron chi connectivity index (χ1n) is 7.07. The van der Waals surface area contributed by atoms with Crippen LogP contribution in [-0.2, 0) is 4.74 Å². The quantitative estimate of drug-likeness (QED) is 0.876. The Morgan fingerprint density at radius 3 is 2.11 bits per heavy atom. The first kappa shape index (κ1) is 12.8. The van der Waals surface area contributed by atoms with Gasteiger partial charge in [-0.3, -0.25) is 5.32 Å². The summed E-state index contributed by atoms with van der Waals surface area (Å²) < 4.78 is 5.39. The first-order valence-corrected chi connectivity index (χ1v) is 7.07. The number of hydrogen-bond donors (Lipinski definition) is 1. The van der Waals surface area contributed by atoms with Crippen molar-refractivity contribution in [3.05, 3.63) is 24.3 Å². The fourth-order valence-corrected chi connectivity index (χ4v) is 2.78. The van der Waals surface area contributed by atoms with Crippen LogP contribution in [-0.4, -0.2) is 45.1 Å². The zero-order valence-corrected chi connectivity index (χ0v) is 11.9. The molecule has 0 spiro atoms. The largest absolute Gasteiger partial charge is 0.378 e. The van der Waals surface area contributed by atoms with E-state index in [1.165, 1.54) is 11.4 Å². The summed E-state index contributed by atoms with van der Waals surface area (Å²) in [6.07, 6.45) is 0. The zero-order valence-electron chi connectivity index (χ0n) is 11.9. The number of anilines is 2. The van der Waals surface area contributed by atoms with Crippen molar-refractivity contribution < 1.29 is 4.74 Å². The highest BCUT2D eigenvalue weighted by atomic mass is 16.5. The van der Waals surface area contributed by atoms with Crippen molar-refractivity contribution in [2.75, 3.05) is 49.3 Å². The summed E-state index contributed by atoms with van der Waals surface area (Å²) in [6.45, 7) is 10.2. The fourth-order valence-electron chi connectivity index (χ4n) is 2.78. The molecule has 2 fully saturated rings. The average molecular weight is 261 g/mol. The summed E-state index contributed by atoms with van der Waals surface area (Å²) in [4.78, 5) is 4.78. The molecule has 0 aliphatic carbocycles. The Kier molecular flexibility index (Phi) is 3.37. The summed E-state index contributed by atoms with van der Waals surface area (Å²) in [5.41, 5.74) is 2.82. The molecule has 0 radical (unpaired) electrons. The molecule has 3 rings (SSSR count). The lowest BCUT2D eigenvalue weighted by Gasteiger charge is -2.29. The van der Waals surface area contributed by atoms with E-state index >= 15 is 0 Å². The second-order valence-corrected chi connectivity index (χ2v) is 6.03. The Bertz CT molecular complexity index is 424. The number of nitrogens with one attached hydrogen (secondary N) is 1. The van der Waals surface area contributed by atoms with E-state index in [4.69, 9.17) is 4.74 Å². The third-order valence-electron chi connectivity index (χ3n) is 3.93. The minimum absolute atomic E-state index is 0.211. The van der Waals surface area contributed by atoms with Crippen LogP contribution >= 0.6 is 0 Å². The zero-order chi connectivity index (χ0) is 13.3. The maximum absolute atomic E-state index is 5.39. The Hall–Kier alpha value is -1.26. The van der Waals surface area contributed by atoms with E-state index in [1.807, 2.05) is 0 Å². The molecule has 19 heavy (non-hydrogen) atoms. The molecular weight excluding hydrogens is 238 g/mol. The third kappa shape index (κ3) is 2.85. The smallest absolute Gasteiger partial charge is 0.0687 e. The molecule has 0 bridgehead atoms. The molecule has 2 aliphatic rings. The maximum Gasteiger partial charge on any atom is 0.0687 e. The second-order valence-electron chi connectivity index (χ2n) is 6.03. The number of hydrogen-bond acceptors (Lipinski definition) is 4. The van der Waals surface area contributed by atoms with Crippen molar-refractivity contribution in [3.63, 3.8) is 0 Å². The Balaban J connectivity index is 1.69. The van der Waals surface area contributed by atoms with E-state index in [9.17, 15) is 0 Å². The van der Waals surface area contributed by atoms with Gasteiger partial charge in [0.15, 0.2) is 0 Å². The molecule has 0 saturated carbocycles. The lowest BCUT2D eigenvalue weighted by Crippen LogP contribution is -2.36. The molecule has 0 atom stereocenters. The number of nitrogens with zero attached hydrogens (tertiary/aromatic N) is 2. The molecule has 0 unspecified atom stereocenters. The minimum atomic E-state index is 0.211. The number of ether oxygens (including phenoxy) is 1. The predicted molar refractivity (Wildman–Crippen MR) is 78.9 cm³/mol. The van der Waals surface area contributed by atoms with E-state index in [0.717, 1.165) is 39.5 Å². The molecule has 4 heteroatoms. The molecule has 1 aromatic carbocycles. The standard InChI is InChI=1S/C15H23N3O/c1-15(2)11-18(12-16-15)14-5-3-13(4-6-14)17-7-9-19-10-8-17/h3-6,16H,7-12H2,1-2H3. The number of morpholine rings is 1. The molecule has 1 N–H and O–H groups in total. The second kappa shape index (κ2) is 5.02. The highest BCUT2D eigenvalue weighted by Crippen LogP contribution is 2.24. The van der Waals surface area contributed by atoms with E-state index in [-0.39, 0.29) is 5.54 Å². The van der Waals surface area contributed by atoms with Crippen LogP contribution in [0.2, 0.25) is 0 Å². The van der Waals surface area contributed by atoms with Crippen LogP contribution in [0.15, 0.2) is 24.3 Å². The van der Waals surface area contributed by atoms with Gasteiger partial charge in [-0.05, 0) is 38.1 Å². The van der Waals surface area contributed by atoms with Gasteiger partial charge in [0.1, 0.15) is 0 Å². The van der Waals surface area contributed by atoms with Gasteiger partial charge in [0.25, 0.3) is 0 Å². The van der Waals surface area contributed by atoms with Crippen molar-refractivity contribution >= 4 is 11.4 Å². The van der Waals surface area contributed by atoms with Crippen LogP contribution in [0.4, 0.5) is 11.4 Å². The Morgan fingerprint density at radius 1 is 1.00 bits per heavy atom. The van der Waals surface area contributed by atoms with Crippen molar-refractivity contribution in [3.8, 4) is 0 Å². The van der Waals surface area contributed by atoms with Gasteiger partial charge >= 0.3 is 0 Å². The van der Waals surface area contributed by atoms with Gasteiger partial charge in [0.05, 0.1) is 19.9 Å². The summed E-state index contributed by atoms with van der Waals surface area (Å²) in [7, 11) is 0. The third-order valence-corrected chi connectivity index (χ3v) is 3.93. The predicted octanol–water partition coefficient (Wildman–Crippen LogP) is 1.67. The molecule has 2 aliphatic heterocycles. The van der Waals surface area contributed by atoms with E-state index in [0.29, 0.717) is 0 Å². The van der Waals surface area contributed by atoms with Crippen LogP contribution < -0.4 is 15.1 Å². The van der Waals surface area contributed by atoms with Gasteiger partial charge in [-0.2, -0.15) is 0 Å². The topological polar surface area (TPSA) is 27.7 Å². The Morgan fingerprint density at radius 2 is 1.58 bits per heavy atom. The summed E-state index contributed by atoms with van der Waals surface area (Å²) in [5, 5.41) is 3.52. The van der Waals surface area contributed by atoms with Crippen molar-refractivity contribution in [2.45, 2.75) is 19.4 Å². The van der Waals surface area contributed by atoms with Crippen molar-refractivity contribution in [2.24, 2.45) is 0 Å². The highest BCUT2D eigenvalue weighted by Gasteiger charge is 2.28. The van der Waals surface area contributed by atoms with E-state index < -0.39 is 0 Å². The SMILES string of the molecule is CC1(C)CN(c2ccc(N3CCOCC3)cc2)CN1. The number of rotatable bonds is 2. The van der Waals surface area contributed by atoms with Gasteiger partial charge in [0.2, 0.25) is 0 Å². The minimum Gasteiger partial charge on any atom is -0.378 e. The van der Waals surface area contributed by atoms with Gasteiger partial charge in [-0.25, -0.2) is 0 Å². The van der Waals surface area contributed by atoms with Gasteiger partial charge < -0.3 is 14.5 Å². The van der Waals surface area contributed by atoms with Crippen LogP contribution in [0.3, 0.4) is 0 Å². The average Bonchev–Trinajstić information content (AvgIpc) is 2.80. The maximum atomic E-state index is 5.39. The lowest BCUT2D eigenvalue weighted by atomic mass is 10.1. The summed E-state index contributed by atoms with van der Waals surface area (Å²) in [6, 6.07) is 8.92. The monoisotopic (exact) mass is 261 g/mol. The van der Waals surface area contributed by atoms with Crippen molar-refractivity contribution in [1.82, 2.24) is 5.32 Å². The van der Waals surface area contributed by atoms with Crippen molar-refractivity contribution in [1.29, 1.82) is 0 Å². The van der Waals surface area contributed by atoms with E-state index in [2.05, 4.69) is 53.2 Å². The molecule has 0 amide bonds. The molecule has 4 nitrogen and oxygen atoms in total. The normalized spacial score (nSPS) is 22.8. The van der Waals surface area contributed by atoms with Crippen LogP contribution in [0.5, 0.6) is 0 Å². The Labute approximate surface area is 115 Å². The summed E-state index contributed by atoms with van der Waals surface area (Å²) in [5.74, 6) is 0. The van der Waals surface area contributed by atoms with Gasteiger partial charge in [-0.15, -0.1) is 0 Å². The number of benzene rings is 1. The van der Waals surface area contributed by atoms with Crippen LogP contribution in [0.1, 0.15) is 13.8 Å². The molecule has 2 heterocycles. The highest BCUT2D eigenvalue weighted by molar-refractivity contribution is 5.57. The van der Waals surface area contributed by atoms with Crippen LogP contribution in [0.25, 0.3) is 0 Å². The van der Waals surface area contributed by atoms with Crippen LogP contribution in [0, 0.1) is 0 Å². The molecule has 2 saturated heterocycles. The molecule has 0 aromatic heterocycles. The lowest BCUT2D eigenvalue weighted by molar-refractivity contribution is 0.122. The molecular formula is C15H23N3O. The molecule has 1 aromatic rings. The molecule has 104 valence electrons. The van der Waals surface area contributed by atoms with Gasteiger partial charge in [0, 0.05) is 36.5 Å². The van der Waals surface area contributed by atoms with E-state index in [1.54, 1.807) is 0 Å². The van der Waals surface area contributed by atoms with Gasteiger partial charge in [-0.1, -0.05) is 0 Å².